The number of pyridine rings is 1. The van der Waals surface area contributed by atoms with E-state index in [1.54, 1.807) is 48.8 Å². The van der Waals surface area contributed by atoms with Crippen LogP contribution in [0.25, 0.3) is 11.5 Å². The lowest BCUT2D eigenvalue weighted by molar-refractivity contribution is -0.127. The molecule has 0 saturated heterocycles. The van der Waals surface area contributed by atoms with Crippen LogP contribution in [0.5, 0.6) is 0 Å². The number of aromatic nitrogens is 3. The van der Waals surface area contributed by atoms with Gasteiger partial charge in [-0.1, -0.05) is 11.8 Å². The van der Waals surface area contributed by atoms with Gasteiger partial charge in [0.15, 0.2) is 0 Å². The predicted molar refractivity (Wildman–Crippen MR) is 83.4 cm³/mol. The van der Waals surface area contributed by atoms with Gasteiger partial charge in [-0.05, 0) is 24.3 Å². The first kappa shape index (κ1) is 15.3. The Hall–Kier alpha value is -2.61. The molecule has 3 heterocycles. The van der Waals surface area contributed by atoms with Crippen molar-refractivity contribution in [3.63, 3.8) is 0 Å². The number of nitrogens with zero attached hydrogens (tertiary/aromatic N) is 4. The Morgan fingerprint density at radius 1 is 1.26 bits per heavy atom. The summed E-state index contributed by atoms with van der Waals surface area (Å²) >= 11 is 1.21. The molecule has 7 nitrogen and oxygen atoms in total. The van der Waals surface area contributed by atoms with E-state index in [9.17, 15) is 4.79 Å². The molecule has 0 saturated carbocycles. The lowest BCUT2D eigenvalue weighted by atomic mass is 10.3. The zero-order valence-corrected chi connectivity index (χ0v) is 13.2. The second-order valence-corrected chi connectivity index (χ2v) is 5.65. The van der Waals surface area contributed by atoms with Crippen molar-refractivity contribution < 1.29 is 13.6 Å². The lowest BCUT2D eigenvalue weighted by Gasteiger charge is -2.14. The molecule has 3 aromatic rings. The molecule has 0 aliphatic carbocycles. The Bertz CT molecular complexity index is 758. The van der Waals surface area contributed by atoms with Gasteiger partial charge in [-0.2, -0.15) is 0 Å². The Kier molecular flexibility index (Phi) is 4.72. The predicted octanol–water partition coefficient (Wildman–Crippen LogP) is 2.48. The largest absolute Gasteiger partial charge is 0.467 e. The van der Waals surface area contributed by atoms with E-state index in [0.717, 1.165) is 11.3 Å². The third kappa shape index (κ3) is 3.98. The summed E-state index contributed by atoms with van der Waals surface area (Å²) < 4.78 is 10.8. The van der Waals surface area contributed by atoms with Gasteiger partial charge in [0.25, 0.3) is 5.22 Å². The molecule has 3 aromatic heterocycles. The lowest BCUT2D eigenvalue weighted by Crippen LogP contribution is -2.27. The van der Waals surface area contributed by atoms with Crippen molar-refractivity contribution in [3.05, 3.63) is 48.7 Å². The minimum atomic E-state index is -0.0462. The third-order valence-electron chi connectivity index (χ3n) is 3.05. The summed E-state index contributed by atoms with van der Waals surface area (Å²) in [7, 11) is 1.72. The van der Waals surface area contributed by atoms with Crippen molar-refractivity contribution in [2.24, 2.45) is 0 Å². The van der Waals surface area contributed by atoms with Gasteiger partial charge in [0.2, 0.25) is 11.8 Å². The first-order valence-electron chi connectivity index (χ1n) is 6.85. The summed E-state index contributed by atoms with van der Waals surface area (Å²) in [5.74, 6) is 1.32. The SMILES string of the molecule is CN(Cc1ccco1)C(=O)CSc1nnc(-c2ccncc2)o1. The normalized spacial score (nSPS) is 10.7. The molecule has 23 heavy (non-hydrogen) atoms. The molecule has 0 spiro atoms. The molecule has 0 bridgehead atoms. The summed E-state index contributed by atoms with van der Waals surface area (Å²) in [6.45, 7) is 0.429. The molecule has 0 aliphatic heterocycles. The molecule has 0 aliphatic rings. The second kappa shape index (κ2) is 7.10. The second-order valence-electron chi connectivity index (χ2n) is 4.73. The van der Waals surface area contributed by atoms with Crippen molar-refractivity contribution in [1.82, 2.24) is 20.1 Å². The average Bonchev–Trinajstić information content (AvgIpc) is 3.25. The van der Waals surface area contributed by atoms with E-state index in [1.807, 2.05) is 6.07 Å². The van der Waals surface area contributed by atoms with Crippen molar-refractivity contribution in [1.29, 1.82) is 0 Å². The maximum Gasteiger partial charge on any atom is 0.277 e. The fourth-order valence-electron chi connectivity index (χ4n) is 1.84. The minimum absolute atomic E-state index is 0.0462. The number of hydrogen-bond donors (Lipinski definition) is 0. The third-order valence-corrected chi connectivity index (χ3v) is 3.85. The van der Waals surface area contributed by atoms with Crippen LogP contribution in [0.3, 0.4) is 0 Å². The number of furan rings is 1. The van der Waals surface area contributed by atoms with Crippen LogP contribution in [0.1, 0.15) is 5.76 Å². The molecule has 0 unspecified atom stereocenters. The van der Waals surface area contributed by atoms with E-state index in [-0.39, 0.29) is 11.7 Å². The van der Waals surface area contributed by atoms with Gasteiger partial charge in [-0.25, -0.2) is 0 Å². The molecule has 0 aromatic carbocycles. The fourth-order valence-corrected chi connectivity index (χ4v) is 2.54. The Morgan fingerprint density at radius 2 is 2.09 bits per heavy atom. The molecular formula is C15H14N4O3S. The topological polar surface area (TPSA) is 85.3 Å². The highest BCUT2D eigenvalue weighted by Gasteiger charge is 2.14. The van der Waals surface area contributed by atoms with Crippen LogP contribution < -0.4 is 0 Å². The Labute approximate surface area is 136 Å². The number of carbonyl (C=O) groups is 1. The highest BCUT2D eigenvalue weighted by molar-refractivity contribution is 7.99. The highest BCUT2D eigenvalue weighted by atomic mass is 32.2. The van der Waals surface area contributed by atoms with E-state index in [1.165, 1.54) is 11.8 Å². The zero-order chi connectivity index (χ0) is 16.1. The summed E-state index contributed by atoms with van der Waals surface area (Å²) in [5, 5.41) is 8.26. The number of carbonyl (C=O) groups excluding carboxylic acids is 1. The molecule has 0 radical (unpaired) electrons. The molecular weight excluding hydrogens is 316 g/mol. The van der Waals surface area contributed by atoms with E-state index < -0.39 is 0 Å². The van der Waals surface area contributed by atoms with E-state index in [0.29, 0.717) is 17.7 Å². The van der Waals surface area contributed by atoms with Gasteiger partial charge < -0.3 is 13.7 Å². The van der Waals surface area contributed by atoms with Crippen molar-refractivity contribution in [2.75, 3.05) is 12.8 Å². The summed E-state index contributed by atoms with van der Waals surface area (Å²) in [6.07, 6.45) is 4.89. The number of thioether (sulfide) groups is 1. The summed E-state index contributed by atoms with van der Waals surface area (Å²) in [6, 6.07) is 7.19. The number of amides is 1. The van der Waals surface area contributed by atoms with E-state index >= 15 is 0 Å². The van der Waals surface area contributed by atoms with Gasteiger partial charge >= 0.3 is 0 Å². The minimum Gasteiger partial charge on any atom is -0.467 e. The number of hydrogen-bond acceptors (Lipinski definition) is 7. The molecule has 0 atom stereocenters. The van der Waals surface area contributed by atoms with Crippen LogP contribution in [0.2, 0.25) is 0 Å². The highest BCUT2D eigenvalue weighted by Crippen LogP contribution is 2.22. The molecule has 0 fully saturated rings. The first-order valence-corrected chi connectivity index (χ1v) is 7.84. The van der Waals surface area contributed by atoms with Crippen molar-refractivity contribution in [3.8, 4) is 11.5 Å². The first-order chi connectivity index (χ1) is 11.2. The van der Waals surface area contributed by atoms with Crippen LogP contribution in [0, 0.1) is 0 Å². The monoisotopic (exact) mass is 330 g/mol. The summed E-state index contributed by atoms with van der Waals surface area (Å²) in [5.41, 5.74) is 0.792. The van der Waals surface area contributed by atoms with Crippen LogP contribution in [0.15, 0.2) is 57.0 Å². The van der Waals surface area contributed by atoms with Crippen molar-refractivity contribution in [2.45, 2.75) is 11.8 Å². The van der Waals surface area contributed by atoms with Gasteiger partial charge in [0.05, 0.1) is 18.6 Å². The maximum atomic E-state index is 12.1. The van der Waals surface area contributed by atoms with Crippen LogP contribution in [-0.4, -0.2) is 38.8 Å². The van der Waals surface area contributed by atoms with Crippen LogP contribution in [-0.2, 0) is 11.3 Å². The van der Waals surface area contributed by atoms with Crippen LogP contribution in [0.4, 0.5) is 0 Å². The summed E-state index contributed by atoms with van der Waals surface area (Å²) in [4.78, 5) is 17.6. The van der Waals surface area contributed by atoms with Crippen LogP contribution >= 0.6 is 11.8 Å². The fraction of sp³-hybridized carbons (Fsp3) is 0.200. The maximum absolute atomic E-state index is 12.1. The van der Waals surface area contributed by atoms with E-state index in [4.69, 9.17) is 8.83 Å². The van der Waals surface area contributed by atoms with Gasteiger partial charge in [0.1, 0.15) is 5.76 Å². The molecule has 8 heteroatoms. The molecule has 1 amide bonds. The molecule has 118 valence electrons. The Morgan fingerprint density at radius 3 is 2.83 bits per heavy atom. The zero-order valence-electron chi connectivity index (χ0n) is 12.4. The quantitative estimate of drug-likeness (QED) is 0.642. The van der Waals surface area contributed by atoms with E-state index in [2.05, 4.69) is 15.2 Å². The van der Waals surface area contributed by atoms with Gasteiger partial charge in [0, 0.05) is 25.0 Å². The van der Waals surface area contributed by atoms with Gasteiger partial charge in [-0.15, -0.1) is 10.2 Å². The number of rotatable bonds is 6. The average molecular weight is 330 g/mol. The Balaban J connectivity index is 1.54. The smallest absolute Gasteiger partial charge is 0.277 e. The molecule has 3 rings (SSSR count). The van der Waals surface area contributed by atoms with Gasteiger partial charge in [-0.3, -0.25) is 9.78 Å². The standard InChI is InChI=1S/C15H14N4O3S/c1-19(9-12-3-2-8-21-12)13(20)10-23-15-18-17-14(22-15)11-4-6-16-7-5-11/h2-8H,9-10H2,1H3. The molecule has 0 N–H and O–H groups in total. The van der Waals surface area contributed by atoms with Crippen molar-refractivity contribution >= 4 is 17.7 Å².